The van der Waals surface area contributed by atoms with Crippen LogP contribution in [0.25, 0.3) is 0 Å². The number of carbonyl (C=O) groups is 1. The van der Waals surface area contributed by atoms with Gasteiger partial charge in [0.1, 0.15) is 0 Å². The lowest BCUT2D eigenvalue weighted by Gasteiger charge is -2.22. The SMILES string of the molecule is Nc1ccncc1C1(O)C(=O)Nc2ccccc21. The molecule has 1 amide bonds. The minimum atomic E-state index is -1.77. The Morgan fingerprint density at radius 1 is 1.22 bits per heavy atom. The number of fused-ring (bicyclic) bond motifs is 1. The third-order valence-electron chi connectivity index (χ3n) is 3.14. The van der Waals surface area contributed by atoms with Gasteiger partial charge in [0.25, 0.3) is 5.91 Å². The van der Waals surface area contributed by atoms with Crippen LogP contribution in [0.3, 0.4) is 0 Å². The monoisotopic (exact) mass is 241 g/mol. The topological polar surface area (TPSA) is 88.2 Å². The number of nitrogens with one attached hydrogen (secondary N) is 1. The van der Waals surface area contributed by atoms with Gasteiger partial charge in [0.05, 0.1) is 0 Å². The summed E-state index contributed by atoms with van der Waals surface area (Å²) in [5.74, 6) is -0.511. The lowest BCUT2D eigenvalue weighted by atomic mass is 9.87. The number of benzene rings is 1. The molecule has 1 aromatic heterocycles. The van der Waals surface area contributed by atoms with Gasteiger partial charge in [0, 0.05) is 34.9 Å². The molecule has 0 saturated heterocycles. The van der Waals surface area contributed by atoms with Crippen LogP contribution in [0, 0.1) is 0 Å². The molecular formula is C13H11N3O2. The smallest absolute Gasteiger partial charge is 0.266 e. The molecule has 0 radical (unpaired) electrons. The van der Waals surface area contributed by atoms with Crippen LogP contribution in [-0.4, -0.2) is 16.0 Å². The summed E-state index contributed by atoms with van der Waals surface area (Å²) in [5.41, 5.74) is 5.77. The van der Waals surface area contributed by atoms with Crippen molar-refractivity contribution in [2.24, 2.45) is 0 Å². The number of pyridine rings is 1. The molecule has 0 spiro atoms. The normalized spacial score (nSPS) is 21.5. The van der Waals surface area contributed by atoms with E-state index in [0.29, 0.717) is 22.5 Å². The highest BCUT2D eigenvalue weighted by Crippen LogP contribution is 2.42. The van der Waals surface area contributed by atoms with E-state index < -0.39 is 11.5 Å². The average Bonchev–Trinajstić information content (AvgIpc) is 2.63. The van der Waals surface area contributed by atoms with Crippen molar-refractivity contribution >= 4 is 17.3 Å². The molecule has 0 bridgehead atoms. The molecule has 1 aromatic carbocycles. The molecular weight excluding hydrogens is 230 g/mol. The molecule has 5 nitrogen and oxygen atoms in total. The van der Waals surface area contributed by atoms with Crippen molar-refractivity contribution in [2.45, 2.75) is 5.60 Å². The van der Waals surface area contributed by atoms with Gasteiger partial charge in [0.2, 0.25) is 0 Å². The molecule has 4 N–H and O–H groups in total. The molecule has 2 heterocycles. The van der Waals surface area contributed by atoms with Crippen molar-refractivity contribution in [3.63, 3.8) is 0 Å². The van der Waals surface area contributed by atoms with Crippen molar-refractivity contribution in [1.82, 2.24) is 4.98 Å². The zero-order chi connectivity index (χ0) is 12.8. The predicted octanol–water partition coefficient (Wildman–Crippen LogP) is 0.852. The van der Waals surface area contributed by atoms with Crippen molar-refractivity contribution in [3.05, 3.63) is 53.9 Å². The minimum Gasteiger partial charge on any atom is -0.398 e. The summed E-state index contributed by atoms with van der Waals surface area (Å²) in [5, 5.41) is 13.4. The second-order valence-electron chi connectivity index (χ2n) is 4.17. The number of nitrogens with two attached hydrogens (primary N) is 1. The fraction of sp³-hybridized carbons (Fsp3) is 0.0769. The van der Waals surface area contributed by atoms with Crippen molar-refractivity contribution in [3.8, 4) is 0 Å². The Hall–Kier alpha value is -2.40. The van der Waals surface area contributed by atoms with Gasteiger partial charge in [-0.25, -0.2) is 0 Å². The highest BCUT2D eigenvalue weighted by Gasteiger charge is 2.47. The summed E-state index contributed by atoms with van der Waals surface area (Å²) in [6.07, 6.45) is 2.93. The molecule has 18 heavy (non-hydrogen) atoms. The molecule has 2 aromatic rings. The fourth-order valence-corrected chi connectivity index (χ4v) is 2.22. The summed E-state index contributed by atoms with van der Waals surface area (Å²) in [6, 6.07) is 8.53. The molecule has 0 aliphatic carbocycles. The van der Waals surface area contributed by atoms with Gasteiger partial charge in [0.15, 0.2) is 5.60 Å². The van der Waals surface area contributed by atoms with Gasteiger partial charge >= 0.3 is 0 Å². The first-order chi connectivity index (χ1) is 8.64. The van der Waals surface area contributed by atoms with Crippen LogP contribution in [0.5, 0.6) is 0 Å². The van der Waals surface area contributed by atoms with Crippen molar-refractivity contribution in [2.75, 3.05) is 11.1 Å². The summed E-state index contributed by atoms with van der Waals surface area (Å²) in [4.78, 5) is 16.0. The highest BCUT2D eigenvalue weighted by atomic mass is 16.3. The third kappa shape index (κ3) is 1.25. The zero-order valence-electron chi connectivity index (χ0n) is 9.42. The Labute approximate surface area is 103 Å². The van der Waals surface area contributed by atoms with Gasteiger partial charge in [-0.15, -0.1) is 0 Å². The second kappa shape index (κ2) is 3.54. The van der Waals surface area contributed by atoms with E-state index in [-0.39, 0.29) is 0 Å². The summed E-state index contributed by atoms with van der Waals surface area (Å²) in [6.45, 7) is 0. The van der Waals surface area contributed by atoms with E-state index in [9.17, 15) is 9.90 Å². The number of rotatable bonds is 1. The van der Waals surface area contributed by atoms with Crippen LogP contribution in [0.4, 0.5) is 11.4 Å². The number of hydrogen-bond donors (Lipinski definition) is 3. The molecule has 3 rings (SSSR count). The number of carbonyl (C=O) groups excluding carboxylic acids is 1. The van der Waals surface area contributed by atoms with E-state index in [1.54, 1.807) is 30.3 Å². The Balaban J connectivity index is 2.27. The van der Waals surface area contributed by atoms with Crippen molar-refractivity contribution in [1.29, 1.82) is 0 Å². The van der Waals surface area contributed by atoms with Gasteiger partial charge in [-0.3, -0.25) is 9.78 Å². The first kappa shape index (κ1) is 10.7. The number of amides is 1. The number of nitrogen functional groups attached to an aromatic ring is 1. The molecule has 0 saturated carbocycles. The quantitative estimate of drug-likeness (QED) is 0.690. The lowest BCUT2D eigenvalue weighted by molar-refractivity contribution is -0.129. The third-order valence-corrected chi connectivity index (χ3v) is 3.14. The average molecular weight is 241 g/mol. The lowest BCUT2D eigenvalue weighted by Crippen LogP contribution is -2.36. The Morgan fingerprint density at radius 3 is 2.78 bits per heavy atom. The van der Waals surface area contributed by atoms with Crippen LogP contribution < -0.4 is 11.1 Å². The van der Waals surface area contributed by atoms with E-state index >= 15 is 0 Å². The Bertz CT molecular complexity index is 642. The van der Waals surface area contributed by atoms with Crippen LogP contribution in [-0.2, 0) is 10.4 Å². The summed E-state index contributed by atoms with van der Waals surface area (Å²) >= 11 is 0. The first-order valence-corrected chi connectivity index (χ1v) is 5.47. The van der Waals surface area contributed by atoms with Gasteiger partial charge in [-0.1, -0.05) is 18.2 Å². The predicted molar refractivity (Wildman–Crippen MR) is 66.7 cm³/mol. The van der Waals surface area contributed by atoms with E-state index in [0.717, 1.165) is 0 Å². The molecule has 90 valence electrons. The number of anilines is 2. The number of hydrogen-bond acceptors (Lipinski definition) is 4. The molecule has 5 heteroatoms. The number of nitrogens with zero attached hydrogens (tertiary/aromatic N) is 1. The molecule has 1 unspecified atom stereocenters. The van der Waals surface area contributed by atoms with Gasteiger partial charge in [-0.05, 0) is 12.1 Å². The molecule has 0 fully saturated rings. The standard InChI is InChI=1S/C13H11N3O2/c14-10-5-6-15-7-9(10)13(18)8-3-1-2-4-11(8)16-12(13)17/h1-7,18H,(H2,14,15)(H,16,17). The van der Waals surface area contributed by atoms with E-state index in [4.69, 9.17) is 5.73 Å². The first-order valence-electron chi connectivity index (χ1n) is 5.47. The molecule has 1 aliphatic rings. The maximum absolute atomic E-state index is 12.1. The number of para-hydroxylation sites is 1. The number of aromatic nitrogens is 1. The zero-order valence-corrected chi connectivity index (χ0v) is 9.42. The van der Waals surface area contributed by atoms with Gasteiger partial charge in [-0.2, -0.15) is 0 Å². The second-order valence-corrected chi connectivity index (χ2v) is 4.17. The van der Waals surface area contributed by atoms with Crippen LogP contribution in [0.15, 0.2) is 42.7 Å². The van der Waals surface area contributed by atoms with Crippen LogP contribution in [0.1, 0.15) is 11.1 Å². The molecule has 1 atom stereocenters. The highest BCUT2D eigenvalue weighted by molar-refractivity contribution is 6.07. The summed E-state index contributed by atoms with van der Waals surface area (Å²) in [7, 11) is 0. The fourth-order valence-electron chi connectivity index (χ4n) is 2.22. The maximum Gasteiger partial charge on any atom is 0.266 e. The number of aliphatic hydroxyl groups is 1. The van der Waals surface area contributed by atoms with E-state index in [2.05, 4.69) is 10.3 Å². The van der Waals surface area contributed by atoms with Crippen LogP contribution >= 0.6 is 0 Å². The Kier molecular flexibility index (Phi) is 2.11. The van der Waals surface area contributed by atoms with Crippen molar-refractivity contribution < 1.29 is 9.90 Å². The minimum absolute atomic E-state index is 0.299. The molecule has 1 aliphatic heterocycles. The van der Waals surface area contributed by atoms with Gasteiger partial charge < -0.3 is 16.2 Å². The maximum atomic E-state index is 12.1. The Morgan fingerprint density at radius 2 is 2.00 bits per heavy atom. The largest absolute Gasteiger partial charge is 0.398 e. The van der Waals surface area contributed by atoms with E-state index in [1.807, 2.05) is 0 Å². The van der Waals surface area contributed by atoms with E-state index in [1.165, 1.54) is 12.4 Å². The van der Waals surface area contributed by atoms with Crippen LogP contribution in [0.2, 0.25) is 0 Å². The summed E-state index contributed by atoms with van der Waals surface area (Å²) < 4.78 is 0.